The minimum atomic E-state index is -1.04. The molecule has 0 amide bonds. The number of hydrogen-bond donors (Lipinski definition) is 1. The second-order valence-corrected chi connectivity index (χ2v) is 8.14. The van der Waals surface area contributed by atoms with E-state index in [4.69, 9.17) is 16.0 Å². The first-order valence-electron chi connectivity index (χ1n) is 10.4. The van der Waals surface area contributed by atoms with Crippen molar-refractivity contribution in [1.82, 2.24) is 4.98 Å². The molecule has 1 N–H and O–H groups in total. The summed E-state index contributed by atoms with van der Waals surface area (Å²) in [6.45, 7) is 0. The molecule has 5 rings (SSSR count). The van der Waals surface area contributed by atoms with Crippen LogP contribution >= 0.6 is 11.6 Å². The van der Waals surface area contributed by atoms with Gasteiger partial charge >= 0.3 is 0 Å². The molecule has 4 nitrogen and oxygen atoms in total. The highest BCUT2D eigenvalue weighted by Gasteiger charge is 2.16. The molecule has 0 aliphatic rings. The van der Waals surface area contributed by atoms with Crippen LogP contribution in [0.4, 0.5) is 14.5 Å². The van der Waals surface area contributed by atoms with Gasteiger partial charge in [0, 0.05) is 11.8 Å². The van der Waals surface area contributed by atoms with Crippen LogP contribution in [0, 0.1) is 11.6 Å². The van der Waals surface area contributed by atoms with Gasteiger partial charge in [0.25, 0.3) is 0 Å². The Hall–Kier alpha value is -4.03. The van der Waals surface area contributed by atoms with Crippen LogP contribution in [0.5, 0.6) is 5.75 Å². The normalized spacial score (nSPS) is 11.5. The molecule has 1 heterocycles. The molecule has 7 heteroatoms. The number of hydrogen-bond acceptors (Lipinski definition) is 4. The fraction of sp³-hybridized carbons (Fsp3) is 0.0370. The van der Waals surface area contributed by atoms with Gasteiger partial charge < -0.3 is 9.52 Å². The van der Waals surface area contributed by atoms with Gasteiger partial charge in [0.05, 0.1) is 16.3 Å². The zero-order valence-corrected chi connectivity index (χ0v) is 18.4. The molecule has 5 aromatic rings. The molecule has 0 saturated carbocycles. The molecule has 0 atom stereocenters. The first-order valence-corrected chi connectivity index (χ1v) is 10.8. The molecule has 0 bridgehead atoms. The van der Waals surface area contributed by atoms with Crippen LogP contribution in [0.1, 0.15) is 16.7 Å². The molecular weight excluding hydrogens is 458 g/mol. The second-order valence-electron chi connectivity index (χ2n) is 7.73. The summed E-state index contributed by atoms with van der Waals surface area (Å²) in [6.07, 6.45) is 2.32. The number of phenols is 1. The number of aromatic nitrogens is 1. The van der Waals surface area contributed by atoms with Gasteiger partial charge in [-0.1, -0.05) is 48.0 Å². The second kappa shape index (κ2) is 9.08. The van der Waals surface area contributed by atoms with E-state index in [1.54, 1.807) is 30.5 Å². The first-order chi connectivity index (χ1) is 16.5. The third-order valence-corrected chi connectivity index (χ3v) is 5.62. The topological polar surface area (TPSA) is 58.6 Å². The van der Waals surface area contributed by atoms with Crippen LogP contribution in [0.2, 0.25) is 5.02 Å². The maximum atomic E-state index is 13.7. The molecule has 168 valence electrons. The van der Waals surface area contributed by atoms with E-state index in [9.17, 15) is 13.9 Å². The minimum Gasteiger partial charge on any atom is -0.507 e. The van der Waals surface area contributed by atoms with Crippen LogP contribution in [-0.2, 0) is 6.42 Å². The van der Waals surface area contributed by atoms with E-state index in [1.807, 2.05) is 30.3 Å². The number of oxazole rings is 1. The molecule has 0 saturated heterocycles. The third kappa shape index (κ3) is 4.54. The zero-order chi connectivity index (χ0) is 23.7. The van der Waals surface area contributed by atoms with Gasteiger partial charge in [0.2, 0.25) is 5.89 Å². The predicted octanol–water partition coefficient (Wildman–Crippen LogP) is 7.47. The molecule has 0 aliphatic carbocycles. The number of halogens is 3. The van der Waals surface area contributed by atoms with Gasteiger partial charge in [-0.25, -0.2) is 13.8 Å². The van der Waals surface area contributed by atoms with Gasteiger partial charge in [0.15, 0.2) is 17.2 Å². The Morgan fingerprint density at radius 3 is 2.53 bits per heavy atom. The molecule has 34 heavy (non-hydrogen) atoms. The van der Waals surface area contributed by atoms with Gasteiger partial charge in [-0.05, 0) is 60.0 Å². The summed E-state index contributed by atoms with van der Waals surface area (Å²) in [5.41, 5.74) is 4.46. The molecular formula is C27H17ClF2N2O2. The van der Waals surface area contributed by atoms with Gasteiger partial charge in [-0.3, -0.25) is 4.99 Å². The third-order valence-electron chi connectivity index (χ3n) is 5.31. The molecule has 4 aromatic carbocycles. The number of benzene rings is 4. The number of fused-ring (bicyclic) bond motifs is 1. The summed E-state index contributed by atoms with van der Waals surface area (Å²) >= 11 is 6.04. The highest BCUT2D eigenvalue weighted by molar-refractivity contribution is 6.33. The highest BCUT2D eigenvalue weighted by atomic mass is 35.5. The Morgan fingerprint density at radius 1 is 0.912 bits per heavy atom. The minimum absolute atomic E-state index is 0.00504. The molecule has 0 unspecified atom stereocenters. The van der Waals surface area contributed by atoms with Crippen LogP contribution < -0.4 is 0 Å². The monoisotopic (exact) mass is 474 g/mol. The smallest absolute Gasteiger partial charge is 0.228 e. The maximum absolute atomic E-state index is 13.7. The maximum Gasteiger partial charge on any atom is 0.228 e. The fourth-order valence-corrected chi connectivity index (χ4v) is 3.82. The lowest BCUT2D eigenvalue weighted by atomic mass is 10.0. The zero-order valence-electron chi connectivity index (χ0n) is 17.7. The summed E-state index contributed by atoms with van der Waals surface area (Å²) in [6, 6.07) is 22.4. The number of aromatic hydroxyl groups is 1. The lowest BCUT2D eigenvalue weighted by Gasteiger charge is -2.05. The van der Waals surface area contributed by atoms with Crippen LogP contribution in [0.3, 0.4) is 0 Å². The van der Waals surface area contributed by atoms with Crippen molar-refractivity contribution in [2.45, 2.75) is 6.42 Å². The average Bonchev–Trinajstić information content (AvgIpc) is 3.25. The average molecular weight is 475 g/mol. The number of phenolic OH excluding ortho intramolecular Hbond substituents is 1. The van der Waals surface area contributed by atoms with Crippen LogP contribution in [-0.4, -0.2) is 16.3 Å². The summed E-state index contributed by atoms with van der Waals surface area (Å²) in [4.78, 5) is 8.80. The fourth-order valence-electron chi connectivity index (χ4n) is 3.59. The number of aliphatic imine (C=N–C) groups is 1. The summed E-state index contributed by atoms with van der Waals surface area (Å²) < 4.78 is 32.7. The first kappa shape index (κ1) is 21.8. The summed E-state index contributed by atoms with van der Waals surface area (Å²) in [7, 11) is 0. The highest BCUT2D eigenvalue weighted by Crippen LogP contribution is 2.33. The number of nitrogens with zero attached hydrogens (tertiary/aromatic N) is 2. The van der Waals surface area contributed by atoms with Crippen molar-refractivity contribution in [2.24, 2.45) is 4.99 Å². The van der Waals surface area contributed by atoms with Crippen molar-refractivity contribution < 1.29 is 18.3 Å². The Bertz CT molecular complexity index is 1530. The van der Waals surface area contributed by atoms with E-state index < -0.39 is 11.6 Å². The largest absolute Gasteiger partial charge is 0.507 e. The Labute approximate surface area is 198 Å². The lowest BCUT2D eigenvalue weighted by molar-refractivity contribution is 0.474. The molecule has 0 aliphatic heterocycles. The van der Waals surface area contributed by atoms with E-state index in [-0.39, 0.29) is 22.2 Å². The van der Waals surface area contributed by atoms with Gasteiger partial charge in [-0.2, -0.15) is 0 Å². The van der Waals surface area contributed by atoms with Crippen molar-refractivity contribution in [3.63, 3.8) is 0 Å². The lowest BCUT2D eigenvalue weighted by Crippen LogP contribution is -1.91. The molecule has 0 radical (unpaired) electrons. The Morgan fingerprint density at radius 2 is 1.71 bits per heavy atom. The van der Waals surface area contributed by atoms with E-state index in [0.29, 0.717) is 22.4 Å². The van der Waals surface area contributed by atoms with Crippen molar-refractivity contribution in [1.29, 1.82) is 0 Å². The van der Waals surface area contributed by atoms with Crippen molar-refractivity contribution >= 4 is 34.6 Å². The van der Waals surface area contributed by atoms with Gasteiger partial charge in [0.1, 0.15) is 11.3 Å². The quantitative estimate of drug-likeness (QED) is 0.212. The molecule has 0 fully saturated rings. The predicted molar refractivity (Wildman–Crippen MR) is 129 cm³/mol. The Balaban J connectivity index is 1.42. The Kier molecular flexibility index (Phi) is 5.82. The number of rotatable bonds is 5. The van der Waals surface area contributed by atoms with E-state index in [1.165, 1.54) is 5.56 Å². The van der Waals surface area contributed by atoms with Gasteiger partial charge in [-0.15, -0.1) is 0 Å². The van der Waals surface area contributed by atoms with E-state index in [0.717, 1.165) is 24.1 Å². The molecule has 0 spiro atoms. The standard InChI is InChI=1S/C27H17ClF2N2O2/c28-21-14-23(30)22(29)13-20(21)27-32-24-12-19(7-9-26(24)34-27)31-15-18-11-17(6-8-25(18)33)10-16-4-2-1-3-5-16/h1-9,11-15,33H,10H2. The van der Waals surface area contributed by atoms with Crippen molar-refractivity contribution in [2.75, 3.05) is 0 Å². The summed E-state index contributed by atoms with van der Waals surface area (Å²) in [5.74, 6) is -1.89. The van der Waals surface area contributed by atoms with Crippen LogP contribution in [0.15, 0.2) is 88.3 Å². The van der Waals surface area contributed by atoms with E-state index in [2.05, 4.69) is 22.1 Å². The summed E-state index contributed by atoms with van der Waals surface area (Å²) in [5, 5.41) is 10.3. The van der Waals surface area contributed by atoms with Crippen molar-refractivity contribution in [3.8, 4) is 17.2 Å². The molecule has 1 aromatic heterocycles. The van der Waals surface area contributed by atoms with Crippen LogP contribution in [0.25, 0.3) is 22.6 Å². The SMILES string of the molecule is Oc1ccc(Cc2ccccc2)cc1C=Nc1ccc2oc(-c3cc(F)c(F)cc3Cl)nc2c1. The van der Waals surface area contributed by atoms with Crippen molar-refractivity contribution in [3.05, 3.63) is 112 Å². The van der Waals surface area contributed by atoms with E-state index >= 15 is 0 Å².